The molecule has 0 bridgehead atoms. The van der Waals surface area contributed by atoms with Crippen molar-refractivity contribution in [2.45, 2.75) is 31.9 Å². The lowest BCUT2D eigenvalue weighted by Gasteiger charge is -2.18. The van der Waals surface area contributed by atoms with Gasteiger partial charge in [0.25, 0.3) is 0 Å². The van der Waals surface area contributed by atoms with Crippen LogP contribution in [0.4, 0.5) is 0 Å². The van der Waals surface area contributed by atoms with Crippen LogP contribution in [0.3, 0.4) is 0 Å². The minimum atomic E-state index is -1.13. The fraction of sp³-hybridized carbons (Fsp3) is 0.455. The highest BCUT2D eigenvalue weighted by molar-refractivity contribution is 9.08. The molecular weight excluding hydrogens is 240 g/mol. The van der Waals surface area contributed by atoms with E-state index in [0.29, 0.717) is 0 Å². The molecular formula is C11H17BrSi. The van der Waals surface area contributed by atoms with E-state index in [9.17, 15) is 0 Å². The van der Waals surface area contributed by atoms with Crippen molar-refractivity contribution in [3.63, 3.8) is 0 Å². The predicted octanol–water partition coefficient (Wildman–Crippen LogP) is 3.44. The molecule has 0 nitrogen and oxygen atoms in total. The van der Waals surface area contributed by atoms with Crippen LogP contribution in [-0.2, 0) is 5.33 Å². The van der Waals surface area contributed by atoms with Gasteiger partial charge in [-0.15, -0.1) is 0 Å². The van der Waals surface area contributed by atoms with E-state index in [1.54, 1.807) is 5.19 Å². The molecule has 0 atom stereocenters. The van der Waals surface area contributed by atoms with Crippen LogP contribution in [0, 0.1) is 6.92 Å². The first-order valence-electron chi connectivity index (χ1n) is 4.60. The number of hydrogen-bond donors (Lipinski definition) is 0. The number of hydrogen-bond acceptors (Lipinski definition) is 0. The van der Waals surface area contributed by atoms with E-state index in [1.165, 1.54) is 11.1 Å². The molecule has 1 aromatic carbocycles. The molecule has 0 aliphatic rings. The van der Waals surface area contributed by atoms with Gasteiger partial charge < -0.3 is 0 Å². The molecule has 0 aliphatic heterocycles. The van der Waals surface area contributed by atoms with Crippen molar-refractivity contribution in [2.24, 2.45) is 0 Å². The maximum absolute atomic E-state index is 3.51. The van der Waals surface area contributed by atoms with Gasteiger partial charge in [-0.3, -0.25) is 0 Å². The zero-order chi connectivity index (χ0) is 10.1. The topological polar surface area (TPSA) is 0 Å². The summed E-state index contributed by atoms with van der Waals surface area (Å²) in [6.07, 6.45) is 0. The van der Waals surface area contributed by atoms with E-state index in [2.05, 4.69) is 60.7 Å². The quantitative estimate of drug-likeness (QED) is 0.562. The van der Waals surface area contributed by atoms with Crippen LogP contribution < -0.4 is 5.19 Å². The number of rotatable bonds is 2. The Hall–Kier alpha value is -0.0831. The van der Waals surface area contributed by atoms with Gasteiger partial charge in [0.15, 0.2) is 0 Å². The lowest BCUT2D eigenvalue weighted by atomic mass is 10.2. The maximum atomic E-state index is 3.51. The molecule has 1 rings (SSSR count). The Kier molecular flexibility index (Phi) is 3.36. The maximum Gasteiger partial charge on any atom is 0.0776 e. The molecule has 1 aromatic rings. The first-order valence-corrected chi connectivity index (χ1v) is 9.22. The molecule has 13 heavy (non-hydrogen) atoms. The zero-order valence-electron chi connectivity index (χ0n) is 8.82. The summed E-state index contributed by atoms with van der Waals surface area (Å²) in [5.41, 5.74) is 2.78. The molecule has 0 fully saturated rings. The van der Waals surface area contributed by atoms with E-state index in [0.717, 1.165) is 5.33 Å². The van der Waals surface area contributed by atoms with Gasteiger partial charge in [0.1, 0.15) is 0 Å². The third-order valence-corrected chi connectivity index (χ3v) is 4.83. The van der Waals surface area contributed by atoms with E-state index >= 15 is 0 Å². The minimum absolute atomic E-state index is 0.964. The van der Waals surface area contributed by atoms with E-state index in [-0.39, 0.29) is 0 Å². The summed E-state index contributed by atoms with van der Waals surface area (Å²) in [5, 5.41) is 2.52. The zero-order valence-corrected chi connectivity index (χ0v) is 11.4. The standard InChI is InChI=1S/C11H17BrSi/c1-9-5-10(8-12)7-11(6-9)13(2,3)4/h5-7H,8H2,1-4H3. The van der Waals surface area contributed by atoms with Gasteiger partial charge in [0.05, 0.1) is 8.07 Å². The van der Waals surface area contributed by atoms with Crippen molar-refractivity contribution in [3.05, 3.63) is 29.3 Å². The van der Waals surface area contributed by atoms with Crippen LogP contribution in [0.25, 0.3) is 0 Å². The number of halogens is 1. The molecule has 0 radical (unpaired) electrons. The molecule has 0 saturated heterocycles. The van der Waals surface area contributed by atoms with Gasteiger partial charge in [0.2, 0.25) is 0 Å². The first-order chi connectivity index (χ1) is 5.93. The van der Waals surface area contributed by atoms with Gasteiger partial charge in [0, 0.05) is 5.33 Å². The van der Waals surface area contributed by atoms with Crippen LogP contribution in [0.15, 0.2) is 18.2 Å². The van der Waals surface area contributed by atoms with Gasteiger partial charge in [-0.05, 0) is 12.5 Å². The highest BCUT2D eigenvalue weighted by Crippen LogP contribution is 2.10. The third kappa shape index (κ3) is 2.95. The molecule has 0 amide bonds. The Bertz CT molecular complexity index is 299. The Balaban J connectivity index is 3.16. The van der Waals surface area contributed by atoms with Gasteiger partial charge >= 0.3 is 0 Å². The minimum Gasteiger partial charge on any atom is -0.0876 e. The second kappa shape index (κ2) is 3.97. The van der Waals surface area contributed by atoms with Crippen molar-refractivity contribution in [1.82, 2.24) is 0 Å². The summed E-state index contributed by atoms with van der Waals surface area (Å²) in [6, 6.07) is 6.92. The van der Waals surface area contributed by atoms with Crippen molar-refractivity contribution < 1.29 is 0 Å². The van der Waals surface area contributed by atoms with E-state index in [1.807, 2.05) is 0 Å². The average molecular weight is 257 g/mol. The molecule has 0 spiro atoms. The summed E-state index contributed by atoms with van der Waals surface area (Å²) in [7, 11) is -1.13. The summed E-state index contributed by atoms with van der Waals surface area (Å²) in [6.45, 7) is 9.34. The van der Waals surface area contributed by atoms with Crippen LogP contribution in [-0.4, -0.2) is 8.07 Å². The third-order valence-electron chi connectivity index (χ3n) is 2.16. The molecule has 0 aliphatic carbocycles. The Morgan fingerprint density at radius 1 is 1.15 bits per heavy atom. The Morgan fingerprint density at radius 2 is 1.77 bits per heavy atom. The molecule has 0 aromatic heterocycles. The monoisotopic (exact) mass is 256 g/mol. The Morgan fingerprint density at radius 3 is 2.23 bits per heavy atom. The SMILES string of the molecule is Cc1cc(CBr)cc([Si](C)(C)C)c1. The van der Waals surface area contributed by atoms with Crippen molar-refractivity contribution in [3.8, 4) is 0 Å². The average Bonchev–Trinajstić information content (AvgIpc) is 2.01. The molecule has 0 unspecified atom stereocenters. The number of benzene rings is 1. The van der Waals surface area contributed by atoms with Crippen LogP contribution in [0.1, 0.15) is 11.1 Å². The van der Waals surface area contributed by atoms with Crippen molar-refractivity contribution in [2.75, 3.05) is 0 Å². The normalized spacial score (nSPS) is 11.8. The van der Waals surface area contributed by atoms with Crippen molar-refractivity contribution >= 4 is 29.2 Å². The molecule has 0 heterocycles. The fourth-order valence-electron chi connectivity index (χ4n) is 1.37. The second-order valence-electron chi connectivity index (χ2n) is 4.59. The highest BCUT2D eigenvalue weighted by atomic mass is 79.9. The largest absolute Gasteiger partial charge is 0.0876 e. The Labute approximate surface area is 90.5 Å². The summed E-state index contributed by atoms with van der Waals surface area (Å²) < 4.78 is 0. The lowest BCUT2D eigenvalue weighted by molar-refractivity contribution is 1.38. The number of aryl methyl sites for hydroxylation is 1. The molecule has 0 saturated carbocycles. The van der Waals surface area contributed by atoms with Crippen LogP contribution >= 0.6 is 15.9 Å². The second-order valence-corrected chi connectivity index (χ2v) is 10.2. The summed E-state index contributed by atoms with van der Waals surface area (Å²) >= 11 is 3.51. The van der Waals surface area contributed by atoms with Gasteiger partial charge in [-0.1, -0.05) is 64.5 Å². The summed E-state index contributed by atoms with van der Waals surface area (Å²) in [5.74, 6) is 0. The molecule has 0 N–H and O–H groups in total. The smallest absolute Gasteiger partial charge is 0.0776 e. The number of alkyl halides is 1. The van der Waals surface area contributed by atoms with Crippen LogP contribution in [0.2, 0.25) is 19.6 Å². The van der Waals surface area contributed by atoms with Crippen molar-refractivity contribution in [1.29, 1.82) is 0 Å². The van der Waals surface area contributed by atoms with E-state index in [4.69, 9.17) is 0 Å². The highest BCUT2D eigenvalue weighted by Gasteiger charge is 2.16. The van der Waals surface area contributed by atoms with Crippen LogP contribution in [0.5, 0.6) is 0 Å². The first kappa shape index (κ1) is 11.0. The lowest BCUT2D eigenvalue weighted by Crippen LogP contribution is -2.37. The van der Waals surface area contributed by atoms with Gasteiger partial charge in [-0.25, -0.2) is 0 Å². The summed E-state index contributed by atoms with van der Waals surface area (Å²) in [4.78, 5) is 0. The molecule has 72 valence electrons. The molecule has 2 heteroatoms. The predicted molar refractivity (Wildman–Crippen MR) is 66.8 cm³/mol. The fourth-order valence-corrected chi connectivity index (χ4v) is 2.98. The van der Waals surface area contributed by atoms with Gasteiger partial charge in [-0.2, -0.15) is 0 Å². The van der Waals surface area contributed by atoms with E-state index < -0.39 is 8.07 Å².